The van der Waals surface area contributed by atoms with Gasteiger partial charge in [-0.2, -0.15) is 26.3 Å². The summed E-state index contributed by atoms with van der Waals surface area (Å²) in [6.07, 6.45) is -0.939. The lowest BCUT2D eigenvalue weighted by atomic mass is 10.9. The molecule has 0 radical (unpaired) electrons. The van der Waals surface area contributed by atoms with E-state index in [-0.39, 0.29) is 0 Å². The van der Waals surface area contributed by atoms with Crippen molar-refractivity contribution in [2.24, 2.45) is 0 Å². The molecule has 0 unspecified atom stereocenters. The zero-order chi connectivity index (χ0) is 14.3. The minimum Gasteiger partial charge on any atom is -0.311 e. The highest BCUT2D eigenvalue weighted by atomic mass is 32.3. The van der Waals surface area contributed by atoms with Gasteiger partial charge in [0.1, 0.15) is 0 Å². The largest absolute Gasteiger partial charge is 0.499 e. The van der Waals surface area contributed by atoms with E-state index in [2.05, 4.69) is 0 Å². The minimum atomic E-state index is -6.68. The van der Waals surface area contributed by atoms with Crippen LogP contribution in [0.15, 0.2) is 0 Å². The molecule has 0 atom stereocenters. The van der Waals surface area contributed by atoms with Crippen molar-refractivity contribution in [3.8, 4) is 0 Å². The molecule has 0 aromatic rings. The van der Waals surface area contributed by atoms with Gasteiger partial charge in [0.25, 0.3) is 19.7 Å². The van der Waals surface area contributed by atoms with Crippen molar-refractivity contribution < 1.29 is 43.2 Å². The van der Waals surface area contributed by atoms with Crippen molar-refractivity contribution in [2.45, 2.75) is 15.6 Å². The molecular weight excluding hydrogens is 304 g/mol. The summed E-state index contributed by atoms with van der Waals surface area (Å²) in [5.41, 5.74) is -12.4. The first kappa shape index (κ1) is 16.1. The van der Waals surface area contributed by atoms with Gasteiger partial charge in [0.05, 0.1) is 0 Å². The molecule has 13 heteroatoms. The average Bonchev–Trinajstić information content (AvgIpc) is 1.99. The number of hydrogen-bond donors (Lipinski definition) is 1. The second-order valence-electron chi connectivity index (χ2n) is 2.52. The zero-order valence-electron chi connectivity index (χ0n) is 7.37. The number of nitrogens with one attached hydrogen (secondary N) is 1. The fraction of sp³-hybridized carbons (Fsp3) is 0.750. The smallest absolute Gasteiger partial charge is 0.311 e. The van der Waals surface area contributed by atoms with Gasteiger partial charge < -0.3 is 5.41 Å². The van der Waals surface area contributed by atoms with E-state index >= 15 is 0 Å². The Labute approximate surface area is 90.8 Å². The van der Waals surface area contributed by atoms with Crippen molar-refractivity contribution in [3.63, 3.8) is 0 Å². The Kier molecular flexibility index (Phi) is 3.91. The maximum Gasteiger partial charge on any atom is 0.499 e. The molecule has 0 saturated carbocycles. The Bertz CT molecular complexity index is 455. The van der Waals surface area contributed by atoms with Crippen molar-refractivity contribution in [1.82, 2.24) is 0 Å². The number of alkyl halides is 6. The second kappa shape index (κ2) is 4.12. The molecule has 0 aliphatic carbocycles. The van der Waals surface area contributed by atoms with Crippen LogP contribution in [-0.2, 0) is 19.7 Å². The molecule has 1 N–H and O–H groups in total. The topological polar surface area (TPSA) is 92.1 Å². The third-order valence-electron chi connectivity index (χ3n) is 1.39. The van der Waals surface area contributed by atoms with Gasteiger partial charge in [0, 0.05) is 6.21 Å². The van der Waals surface area contributed by atoms with E-state index in [0.29, 0.717) is 0 Å². The van der Waals surface area contributed by atoms with E-state index in [1.807, 2.05) is 0 Å². The molecule has 0 rings (SSSR count). The van der Waals surface area contributed by atoms with Crippen LogP contribution in [0.25, 0.3) is 0 Å². The molecule has 0 spiro atoms. The summed E-state index contributed by atoms with van der Waals surface area (Å²) in [6.45, 7) is 0. The quantitative estimate of drug-likeness (QED) is 0.617. The summed E-state index contributed by atoms with van der Waals surface area (Å²) >= 11 is 0. The lowest BCUT2D eigenvalue weighted by molar-refractivity contribution is -0.0463. The molecule has 17 heavy (non-hydrogen) atoms. The predicted molar refractivity (Wildman–Crippen MR) is 42.5 cm³/mol. The lowest BCUT2D eigenvalue weighted by Gasteiger charge is -2.17. The zero-order valence-corrected chi connectivity index (χ0v) is 9.00. The summed E-state index contributed by atoms with van der Waals surface area (Å²) < 4.78 is 109. The first-order chi connectivity index (χ1) is 7.19. The second-order valence-corrected chi connectivity index (χ2v) is 6.94. The Hall–Kier alpha value is -0.850. The first-order valence-corrected chi connectivity index (χ1v) is 6.39. The molecule has 0 bridgehead atoms. The molecule has 102 valence electrons. The first-order valence-electron chi connectivity index (χ1n) is 3.30. The Balaban J connectivity index is 5.99. The van der Waals surface area contributed by atoms with Crippen LogP contribution in [-0.4, -0.2) is 38.6 Å². The van der Waals surface area contributed by atoms with E-state index in [1.165, 1.54) is 0 Å². The average molecular weight is 307 g/mol. The van der Waals surface area contributed by atoms with E-state index in [0.717, 1.165) is 0 Å². The molecule has 0 aliphatic heterocycles. The fourth-order valence-corrected chi connectivity index (χ4v) is 3.48. The Morgan fingerprint density at radius 2 is 1.06 bits per heavy atom. The van der Waals surface area contributed by atoms with Gasteiger partial charge in [-0.05, 0) is 0 Å². The van der Waals surface area contributed by atoms with Crippen LogP contribution in [0.2, 0.25) is 0 Å². The summed E-state index contributed by atoms with van der Waals surface area (Å²) in [5, 5.41) is 6.15. The fourth-order valence-electron chi connectivity index (χ4n) is 0.609. The molecule has 0 heterocycles. The molecule has 0 aromatic heterocycles. The molecule has 0 amide bonds. The van der Waals surface area contributed by atoms with Gasteiger partial charge in [-0.15, -0.1) is 0 Å². The van der Waals surface area contributed by atoms with Gasteiger partial charge in [-0.1, -0.05) is 0 Å². The van der Waals surface area contributed by atoms with Crippen molar-refractivity contribution in [2.75, 3.05) is 0 Å². The van der Waals surface area contributed by atoms with Gasteiger partial charge in [-0.3, -0.25) is 0 Å². The standard InChI is InChI=1S/C4H3F6NO4S2/c5-3(6,7)16(12,13)2(1-11)17(14,15)4(8,9)10/h1-2,11H. The maximum atomic E-state index is 11.9. The maximum absolute atomic E-state index is 11.9. The van der Waals surface area contributed by atoms with Crippen LogP contribution in [0.4, 0.5) is 26.3 Å². The van der Waals surface area contributed by atoms with Crippen LogP contribution >= 0.6 is 0 Å². The van der Waals surface area contributed by atoms with Crippen LogP contribution in [0.5, 0.6) is 0 Å². The van der Waals surface area contributed by atoms with Crippen LogP contribution in [0.3, 0.4) is 0 Å². The van der Waals surface area contributed by atoms with Gasteiger partial charge in [0.2, 0.25) is 4.58 Å². The van der Waals surface area contributed by atoms with E-state index in [1.54, 1.807) is 0 Å². The highest BCUT2D eigenvalue weighted by Crippen LogP contribution is 2.35. The number of halogens is 6. The Morgan fingerprint density at radius 3 is 1.18 bits per heavy atom. The van der Waals surface area contributed by atoms with Gasteiger partial charge in [-0.25, -0.2) is 16.8 Å². The minimum absolute atomic E-state index is 0.939. The number of sulfone groups is 2. The normalized spacial score (nSPS) is 15.0. The van der Waals surface area contributed by atoms with Crippen LogP contribution < -0.4 is 0 Å². The highest BCUT2D eigenvalue weighted by molar-refractivity contribution is 8.10. The molecule has 0 aromatic carbocycles. The third kappa shape index (κ3) is 2.70. The van der Waals surface area contributed by atoms with Crippen molar-refractivity contribution in [1.29, 1.82) is 5.41 Å². The Morgan fingerprint density at radius 1 is 0.824 bits per heavy atom. The third-order valence-corrected chi connectivity index (χ3v) is 5.70. The highest BCUT2D eigenvalue weighted by Gasteiger charge is 2.62. The molecule has 0 saturated heterocycles. The predicted octanol–water partition coefficient (Wildman–Crippen LogP) is 0.831. The molecule has 5 nitrogen and oxygen atoms in total. The van der Waals surface area contributed by atoms with Gasteiger partial charge in [0.15, 0.2) is 0 Å². The van der Waals surface area contributed by atoms with Crippen molar-refractivity contribution in [3.05, 3.63) is 0 Å². The van der Waals surface area contributed by atoms with Crippen LogP contribution in [0, 0.1) is 5.41 Å². The lowest BCUT2D eigenvalue weighted by Crippen LogP contribution is -2.45. The summed E-state index contributed by atoms with van der Waals surface area (Å²) in [4.78, 5) is 0. The van der Waals surface area contributed by atoms with Crippen LogP contribution in [0.1, 0.15) is 0 Å². The molecule has 0 aliphatic rings. The number of hydrogen-bond acceptors (Lipinski definition) is 5. The van der Waals surface area contributed by atoms with E-state index in [9.17, 15) is 43.2 Å². The molecule has 0 fully saturated rings. The monoisotopic (exact) mass is 307 g/mol. The van der Waals surface area contributed by atoms with Crippen molar-refractivity contribution >= 4 is 25.9 Å². The summed E-state index contributed by atoms with van der Waals surface area (Å²) in [5.74, 6) is 0. The van der Waals surface area contributed by atoms with Gasteiger partial charge >= 0.3 is 11.0 Å². The molecular formula is C4H3F6NO4S2. The van der Waals surface area contributed by atoms with E-state index < -0.39 is 41.5 Å². The summed E-state index contributed by atoms with van der Waals surface area (Å²) in [7, 11) is -13.4. The summed E-state index contributed by atoms with van der Waals surface area (Å²) in [6, 6.07) is 0. The number of rotatable bonds is 3. The SMILES string of the molecule is N=CC(S(=O)(=O)C(F)(F)F)S(=O)(=O)C(F)(F)F. The van der Waals surface area contributed by atoms with E-state index in [4.69, 9.17) is 5.41 Å².